The Morgan fingerprint density at radius 3 is 2.70 bits per heavy atom. The van der Waals surface area contributed by atoms with Gasteiger partial charge in [0.1, 0.15) is 23.0 Å². The number of fused-ring (bicyclic) bond motifs is 1. The lowest BCUT2D eigenvalue weighted by atomic mass is 9.88. The van der Waals surface area contributed by atoms with Crippen LogP contribution in [0.25, 0.3) is 32.1 Å². The molecule has 37 heavy (non-hydrogen) atoms. The predicted octanol–water partition coefficient (Wildman–Crippen LogP) is 6.85. The van der Waals surface area contributed by atoms with Gasteiger partial charge in [0.2, 0.25) is 0 Å². The van der Waals surface area contributed by atoms with Crippen molar-refractivity contribution in [1.29, 1.82) is 5.26 Å². The third kappa shape index (κ3) is 3.51. The van der Waals surface area contributed by atoms with Gasteiger partial charge in [-0.3, -0.25) is 0 Å². The molecule has 190 valence electrons. The summed E-state index contributed by atoms with van der Waals surface area (Å²) in [6.07, 6.45) is 3.12. The topological polar surface area (TPSA) is 78.8 Å². The molecular formula is C29H29F2N5S. The Labute approximate surface area is 218 Å². The molecule has 6 rings (SSSR count). The molecule has 0 spiro atoms. The Morgan fingerprint density at radius 1 is 1.22 bits per heavy atom. The molecule has 0 bridgehead atoms. The monoisotopic (exact) mass is 517 g/mol. The standard InChI is InChI=1S/C29H29F2N5S/c1-5-21-34-26-24-17(7-6-10-36(29(24)35-21)15(4)19-11-16(19)12-32)13(2)22(25(26)31)18-8-9-20(30)27-23(18)14(3)28(33)37-27/h8-9,15-16,19H,5-7,10-11,33H2,1-4H3. The maximum atomic E-state index is 16.7. The van der Waals surface area contributed by atoms with E-state index in [-0.39, 0.29) is 17.8 Å². The highest BCUT2D eigenvalue weighted by Gasteiger charge is 2.44. The molecule has 2 aliphatic rings. The molecule has 0 saturated heterocycles. The highest BCUT2D eigenvalue weighted by atomic mass is 32.1. The van der Waals surface area contributed by atoms with Gasteiger partial charge in [0, 0.05) is 35.3 Å². The van der Waals surface area contributed by atoms with Crippen LogP contribution in [0.2, 0.25) is 0 Å². The Balaban J connectivity index is 1.66. The van der Waals surface area contributed by atoms with Crippen LogP contribution in [0.4, 0.5) is 19.6 Å². The average Bonchev–Trinajstić information content (AvgIpc) is 3.65. The fourth-order valence-corrected chi connectivity index (χ4v) is 7.16. The summed E-state index contributed by atoms with van der Waals surface area (Å²) >= 11 is 1.20. The van der Waals surface area contributed by atoms with Crippen molar-refractivity contribution >= 4 is 43.1 Å². The molecule has 1 aliphatic carbocycles. The smallest absolute Gasteiger partial charge is 0.157 e. The first-order valence-corrected chi connectivity index (χ1v) is 13.7. The Hall–Kier alpha value is -3.31. The van der Waals surface area contributed by atoms with Gasteiger partial charge in [-0.25, -0.2) is 18.7 Å². The third-order valence-corrected chi connectivity index (χ3v) is 9.49. The number of nitrogens with zero attached hydrogens (tertiary/aromatic N) is 4. The Kier molecular flexibility index (Phi) is 5.61. The van der Waals surface area contributed by atoms with E-state index in [1.807, 2.05) is 20.8 Å². The summed E-state index contributed by atoms with van der Waals surface area (Å²) < 4.78 is 31.9. The van der Waals surface area contributed by atoms with Gasteiger partial charge in [0.15, 0.2) is 5.82 Å². The summed E-state index contributed by atoms with van der Waals surface area (Å²) in [6.45, 7) is 8.73. The number of nitriles is 1. The number of aromatic nitrogens is 2. The fraction of sp³-hybridized carbons (Fsp3) is 0.414. The number of anilines is 2. The number of benzene rings is 2. The van der Waals surface area contributed by atoms with Crippen molar-refractivity contribution in [3.8, 4) is 17.2 Å². The molecule has 4 aromatic rings. The van der Waals surface area contributed by atoms with Crippen molar-refractivity contribution in [3.05, 3.63) is 46.3 Å². The largest absolute Gasteiger partial charge is 0.390 e. The zero-order valence-corrected chi connectivity index (χ0v) is 22.3. The number of hydrogen-bond donors (Lipinski definition) is 1. The zero-order valence-electron chi connectivity index (χ0n) is 21.5. The average molecular weight is 518 g/mol. The van der Waals surface area contributed by atoms with E-state index in [0.717, 1.165) is 53.7 Å². The first kappa shape index (κ1) is 24.1. The molecule has 0 amide bonds. The third-order valence-electron chi connectivity index (χ3n) is 8.36. The van der Waals surface area contributed by atoms with Crippen LogP contribution in [-0.4, -0.2) is 22.6 Å². The van der Waals surface area contributed by atoms with E-state index in [9.17, 15) is 9.65 Å². The number of rotatable bonds is 4. The van der Waals surface area contributed by atoms with E-state index < -0.39 is 5.82 Å². The van der Waals surface area contributed by atoms with Crippen LogP contribution in [-0.2, 0) is 12.8 Å². The van der Waals surface area contributed by atoms with E-state index in [2.05, 4.69) is 17.9 Å². The van der Waals surface area contributed by atoms with E-state index in [1.54, 1.807) is 6.07 Å². The van der Waals surface area contributed by atoms with Crippen LogP contribution >= 0.6 is 11.3 Å². The summed E-state index contributed by atoms with van der Waals surface area (Å²) in [5, 5.41) is 11.4. The number of hydrogen-bond acceptors (Lipinski definition) is 6. The van der Waals surface area contributed by atoms with Crippen molar-refractivity contribution in [2.75, 3.05) is 17.2 Å². The van der Waals surface area contributed by atoms with Crippen LogP contribution < -0.4 is 10.6 Å². The van der Waals surface area contributed by atoms with E-state index in [4.69, 9.17) is 15.7 Å². The van der Waals surface area contributed by atoms with Gasteiger partial charge < -0.3 is 10.6 Å². The molecule has 8 heteroatoms. The van der Waals surface area contributed by atoms with Crippen LogP contribution in [0.1, 0.15) is 49.2 Å². The maximum absolute atomic E-state index is 16.7. The second-order valence-electron chi connectivity index (χ2n) is 10.4. The minimum atomic E-state index is -0.400. The van der Waals surface area contributed by atoms with Crippen molar-refractivity contribution in [2.45, 2.75) is 59.4 Å². The molecule has 2 aromatic carbocycles. The van der Waals surface area contributed by atoms with Crippen molar-refractivity contribution in [2.24, 2.45) is 11.8 Å². The second kappa shape index (κ2) is 8.63. The number of nitrogens with two attached hydrogens (primary N) is 1. The van der Waals surface area contributed by atoms with E-state index in [1.165, 1.54) is 17.4 Å². The molecule has 1 fully saturated rings. The first-order valence-electron chi connectivity index (χ1n) is 12.9. The normalized spacial score (nSPS) is 19.8. The molecule has 0 radical (unpaired) electrons. The number of nitrogen functional groups attached to an aromatic ring is 1. The van der Waals surface area contributed by atoms with E-state index >= 15 is 4.39 Å². The maximum Gasteiger partial charge on any atom is 0.157 e. The van der Waals surface area contributed by atoms with Crippen LogP contribution in [0.3, 0.4) is 0 Å². The first-order chi connectivity index (χ1) is 17.8. The molecule has 3 heterocycles. The van der Waals surface area contributed by atoms with Gasteiger partial charge in [-0.2, -0.15) is 5.26 Å². The summed E-state index contributed by atoms with van der Waals surface area (Å²) in [5.74, 6) is 0.990. The highest BCUT2D eigenvalue weighted by molar-refractivity contribution is 7.23. The van der Waals surface area contributed by atoms with Crippen LogP contribution in [0, 0.1) is 48.6 Å². The molecule has 5 nitrogen and oxygen atoms in total. The summed E-state index contributed by atoms with van der Waals surface area (Å²) in [6, 6.07) is 5.61. The molecule has 3 atom stereocenters. The lowest BCUT2D eigenvalue weighted by molar-refractivity contribution is 0.546. The summed E-state index contributed by atoms with van der Waals surface area (Å²) in [5.41, 5.74) is 10.3. The van der Waals surface area contributed by atoms with Gasteiger partial charge in [-0.1, -0.05) is 13.0 Å². The van der Waals surface area contributed by atoms with Crippen molar-refractivity contribution in [1.82, 2.24) is 9.97 Å². The molecule has 3 unspecified atom stereocenters. The lowest BCUT2D eigenvalue weighted by Gasteiger charge is -2.31. The van der Waals surface area contributed by atoms with Gasteiger partial charge in [0.25, 0.3) is 0 Å². The molecule has 2 aromatic heterocycles. The molecule has 1 aliphatic heterocycles. The predicted molar refractivity (Wildman–Crippen MR) is 146 cm³/mol. The van der Waals surface area contributed by atoms with Gasteiger partial charge >= 0.3 is 0 Å². The Morgan fingerprint density at radius 2 is 2.00 bits per heavy atom. The number of halogens is 2. The molecular weight excluding hydrogens is 488 g/mol. The van der Waals surface area contributed by atoms with Gasteiger partial charge in [-0.05, 0) is 74.3 Å². The van der Waals surface area contributed by atoms with Crippen LogP contribution in [0.5, 0.6) is 0 Å². The fourth-order valence-electron chi connectivity index (χ4n) is 6.15. The van der Waals surface area contributed by atoms with Crippen molar-refractivity contribution < 1.29 is 8.78 Å². The summed E-state index contributed by atoms with van der Waals surface area (Å²) in [7, 11) is 0. The molecule has 1 saturated carbocycles. The SMILES string of the molecule is CCc1nc2c3c(c(C)c(-c4ccc(F)c5sc(N)c(C)c45)c(F)c3n1)CCCN2C(C)C1CC1C#N. The van der Waals surface area contributed by atoms with Gasteiger partial charge in [-0.15, -0.1) is 11.3 Å². The molecule has 2 N–H and O–H groups in total. The highest BCUT2D eigenvalue weighted by Crippen LogP contribution is 2.48. The number of aryl methyl sites for hydroxylation is 3. The minimum absolute atomic E-state index is 0.0729. The minimum Gasteiger partial charge on any atom is -0.390 e. The summed E-state index contributed by atoms with van der Waals surface area (Å²) in [4.78, 5) is 11.9. The second-order valence-corrected chi connectivity index (χ2v) is 11.4. The zero-order chi connectivity index (χ0) is 26.2. The van der Waals surface area contributed by atoms with E-state index in [0.29, 0.717) is 49.9 Å². The number of thiophene rings is 1. The quantitative estimate of drug-likeness (QED) is 0.320. The van der Waals surface area contributed by atoms with Gasteiger partial charge in [0.05, 0.1) is 21.7 Å². The Bertz CT molecular complexity index is 1640. The lowest BCUT2D eigenvalue weighted by Crippen LogP contribution is -2.36. The van der Waals surface area contributed by atoms with Crippen molar-refractivity contribution in [3.63, 3.8) is 0 Å². The van der Waals surface area contributed by atoms with Crippen LogP contribution in [0.15, 0.2) is 12.1 Å².